The molecule has 2 N–H and O–H groups in total. The third-order valence-electron chi connectivity index (χ3n) is 3.10. The van der Waals surface area contributed by atoms with Crippen LogP contribution in [0.15, 0.2) is 30.3 Å². The summed E-state index contributed by atoms with van der Waals surface area (Å²) in [4.78, 5) is 0. The number of benzene rings is 1. The van der Waals surface area contributed by atoms with Gasteiger partial charge in [0.1, 0.15) is 0 Å². The quantitative estimate of drug-likeness (QED) is 0.802. The van der Waals surface area contributed by atoms with Gasteiger partial charge in [-0.1, -0.05) is 58.0 Å². The molecule has 0 aliphatic heterocycles. The Morgan fingerprint density at radius 2 is 1.67 bits per heavy atom. The number of hydrogen-bond donors (Lipinski definition) is 1. The van der Waals surface area contributed by atoms with Gasteiger partial charge < -0.3 is 5.73 Å². The maximum absolute atomic E-state index is 6.34. The van der Waals surface area contributed by atoms with Crippen LogP contribution in [0.3, 0.4) is 0 Å². The van der Waals surface area contributed by atoms with Gasteiger partial charge in [0.05, 0.1) is 0 Å². The van der Waals surface area contributed by atoms with Crippen LogP contribution in [0.2, 0.25) is 0 Å². The summed E-state index contributed by atoms with van der Waals surface area (Å²) in [6, 6.07) is 10.8. The fraction of sp³-hybridized carbons (Fsp3) is 0.571. The second-order valence-electron chi connectivity index (χ2n) is 5.32. The first-order valence-electron chi connectivity index (χ1n) is 5.77. The molecule has 0 aliphatic carbocycles. The summed E-state index contributed by atoms with van der Waals surface area (Å²) in [5, 5.41) is 0. The molecule has 2 atom stereocenters. The molecule has 0 spiro atoms. The first-order chi connectivity index (χ1) is 6.96. The number of rotatable bonds is 3. The van der Waals surface area contributed by atoms with E-state index in [0.29, 0.717) is 5.92 Å². The molecule has 0 saturated heterocycles. The lowest BCUT2D eigenvalue weighted by atomic mass is 9.75. The standard InChI is InChI=1S/C14H23N/c1-5-12(13(15)14(2,3)4)11-9-7-6-8-10-11/h6-10,12-13H,5,15H2,1-4H3. The van der Waals surface area contributed by atoms with Gasteiger partial charge in [0, 0.05) is 6.04 Å². The zero-order chi connectivity index (χ0) is 11.5. The van der Waals surface area contributed by atoms with Crippen LogP contribution in [0, 0.1) is 5.41 Å². The molecule has 0 aromatic heterocycles. The van der Waals surface area contributed by atoms with E-state index in [4.69, 9.17) is 5.73 Å². The summed E-state index contributed by atoms with van der Waals surface area (Å²) in [5.74, 6) is 0.464. The van der Waals surface area contributed by atoms with Crippen LogP contribution in [-0.4, -0.2) is 6.04 Å². The first-order valence-corrected chi connectivity index (χ1v) is 5.77. The minimum Gasteiger partial charge on any atom is -0.327 e. The summed E-state index contributed by atoms with van der Waals surface area (Å²) >= 11 is 0. The monoisotopic (exact) mass is 205 g/mol. The number of hydrogen-bond acceptors (Lipinski definition) is 1. The fourth-order valence-electron chi connectivity index (χ4n) is 2.00. The van der Waals surface area contributed by atoms with Gasteiger partial charge in [0.25, 0.3) is 0 Å². The van der Waals surface area contributed by atoms with E-state index in [-0.39, 0.29) is 11.5 Å². The van der Waals surface area contributed by atoms with Gasteiger partial charge in [0.2, 0.25) is 0 Å². The third-order valence-corrected chi connectivity index (χ3v) is 3.10. The summed E-state index contributed by atoms with van der Waals surface area (Å²) in [6.07, 6.45) is 1.10. The van der Waals surface area contributed by atoms with E-state index in [0.717, 1.165) is 6.42 Å². The van der Waals surface area contributed by atoms with Gasteiger partial charge in [-0.2, -0.15) is 0 Å². The van der Waals surface area contributed by atoms with Gasteiger partial charge >= 0.3 is 0 Å². The number of nitrogens with two attached hydrogens (primary N) is 1. The van der Waals surface area contributed by atoms with Gasteiger partial charge in [-0.3, -0.25) is 0 Å². The summed E-state index contributed by atoms with van der Waals surface area (Å²) < 4.78 is 0. The molecule has 1 nitrogen and oxygen atoms in total. The van der Waals surface area contributed by atoms with Crippen LogP contribution < -0.4 is 5.73 Å². The molecular weight excluding hydrogens is 182 g/mol. The van der Waals surface area contributed by atoms with Crippen molar-refractivity contribution in [2.45, 2.75) is 46.1 Å². The van der Waals surface area contributed by atoms with Crippen molar-refractivity contribution >= 4 is 0 Å². The zero-order valence-corrected chi connectivity index (χ0v) is 10.3. The molecule has 1 heteroatoms. The Kier molecular flexibility index (Phi) is 3.92. The molecular formula is C14H23N. The maximum atomic E-state index is 6.34. The molecule has 1 rings (SSSR count). The molecule has 15 heavy (non-hydrogen) atoms. The van der Waals surface area contributed by atoms with Crippen LogP contribution in [0.4, 0.5) is 0 Å². The summed E-state index contributed by atoms with van der Waals surface area (Å²) in [6.45, 7) is 8.85. The smallest absolute Gasteiger partial charge is 0.0157 e. The van der Waals surface area contributed by atoms with Crippen molar-refractivity contribution in [3.8, 4) is 0 Å². The Balaban J connectivity index is 2.90. The second kappa shape index (κ2) is 4.80. The third kappa shape index (κ3) is 3.07. The molecule has 0 fully saturated rings. The topological polar surface area (TPSA) is 26.0 Å². The van der Waals surface area contributed by atoms with Crippen LogP contribution in [0.5, 0.6) is 0 Å². The van der Waals surface area contributed by atoms with Crippen LogP contribution in [0.25, 0.3) is 0 Å². The lowest BCUT2D eigenvalue weighted by Crippen LogP contribution is -2.40. The van der Waals surface area contributed by atoms with Crippen LogP contribution >= 0.6 is 0 Å². The van der Waals surface area contributed by atoms with Crippen molar-refractivity contribution in [2.24, 2.45) is 11.1 Å². The van der Waals surface area contributed by atoms with E-state index < -0.39 is 0 Å². The van der Waals surface area contributed by atoms with Crippen molar-refractivity contribution in [3.63, 3.8) is 0 Å². The summed E-state index contributed by atoms with van der Waals surface area (Å²) in [7, 11) is 0. The largest absolute Gasteiger partial charge is 0.327 e. The fourth-order valence-corrected chi connectivity index (χ4v) is 2.00. The molecule has 1 aromatic carbocycles. The van der Waals surface area contributed by atoms with E-state index >= 15 is 0 Å². The molecule has 0 amide bonds. The van der Waals surface area contributed by atoms with Crippen LogP contribution in [0.1, 0.15) is 45.6 Å². The SMILES string of the molecule is CCC(c1ccccc1)C(N)C(C)(C)C. The first kappa shape index (κ1) is 12.3. The summed E-state index contributed by atoms with van der Waals surface area (Å²) in [5.41, 5.74) is 7.86. The predicted octanol–water partition coefficient (Wildman–Crippen LogP) is 3.55. The van der Waals surface area contributed by atoms with E-state index in [9.17, 15) is 0 Å². The Labute approximate surface area is 93.7 Å². The average molecular weight is 205 g/mol. The minimum absolute atomic E-state index is 0.163. The van der Waals surface area contributed by atoms with Crippen molar-refractivity contribution < 1.29 is 0 Å². The highest BCUT2D eigenvalue weighted by molar-refractivity contribution is 5.21. The zero-order valence-electron chi connectivity index (χ0n) is 10.3. The van der Waals surface area contributed by atoms with Crippen molar-refractivity contribution in [1.29, 1.82) is 0 Å². The van der Waals surface area contributed by atoms with Gasteiger partial charge in [-0.05, 0) is 23.3 Å². The molecule has 84 valence electrons. The van der Waals surface area contributed by atoms with E-state index in [1.165, 1.54) is 5.56 Å². The minimum atomic E-state index is 0.163. The molecule has 0 radical (unpaired) electrons. The van der Waals surface area contributed by atoms with E-state index in [1.807, 2.05) is 0 Å². The van der Waals surface area contributed by atoms with Gasteiger partial charge in [-0.25, -0.2) is 0 Å². The van der Waals surface area contributed by atoms with Crippen molar-refractivity contribution in [1.82, 2.24) is 0 Å². The van der Waals surface area contributed by atoms with E-state index in [2.05, 4.69) is 58.0 Å². The second-order valence-corrected chi connectivity index (χ2v) is 5.32. The Hall–Kier alpha value is -0.820. The molecule has 0 bridgehead atoms. The van der Waals surface area contributed by atoms with E-state index in [1.54, 1.807) is 0 Å². The maximum Gasteiger partial charge on any atom is 0.0157 e. The molecule has 2 unspecified atom stereocenters. The highest BCUT2D eigenvalue weighted by Crippen LogP contribution is 2.32. The predicted molar refractivity (Wildman–Crippen MR) is 66.9 cm³/mol. The molecule has 0 heterocycles. The van der Waals surface area contributed by atoms with Gasteiger partial charge in [0.15, 0.2) is 0 Å². The Bertz CT molecular complexity index is 284. The lowest BCUT2D eigenvalue weighted by Gasteiger charge is -2.34. The Morgan fingerprint density at radius 1 is 1.13 bits per heavy atom. The highest BCUT2D eigenvalue weighted by Gasteiger charge is 2.28. The molecule has 0 aliphatic rings. The highest BCUT2D eigenvalue weighted by atomic mass is 14.7. The molecule has 0 saturated carbocycles. The molecule has 1 aromatic rings. The van der Waals surface area contributed by atoms with Crippen molar-refractivity contribution in [3.05, 3.63) is 35.9 Å². The van der Waals surface area contributed by atoms with Gasteiger partial charge in [-0.15, -0.1) is 0 Å². The normalized spacial score (nSPS) is 16.1. The average Bonchev–Trinajstić information content (AvgIpc) is 2.19. The van der Waals surface area contributed by atoms with Crippen molar-refractivity contribution in [2.75, 3.05) is 0 Å². The Morgan fingerprint density at radius 3 is 2.07 bits per heavy atom. The van der Waals surface area contributed by atoms with Crippen LogP contribution in [-0.2, 0) is 0 Å². The lowest BCUT2D eigenvalue weighted by molar-refractivity contribution is 0.276.